The van der Waals surface area contributed by atoms with Gasteiger partial charge >= 0.3 is 0 Å². The van der Waals surface area contributed by atoms with Crippen molar-refractivity contribution in [1.82, 2.24) is 5.32 Å². The second kappa shape index (κ2) is 8.54. The third kappa shape index (κ3) is 5.44. The molecule has 3 rings (SSSR count). The van der Waals surface area contributed by atoms with Gasteiger partial charge in [0.05, 0.1) is 18.5 Å². The van der Waals surface area contributed by atoms with Crippen LogP contribution in [0.5, 0.6) is 5.75 Å². The number of benzene rings is 1. The SMILES string of the molecule is CC(C)(C)c1ccc2c(c1)N(S(C)(=O)=O)CC(C(=O)NC1CCCCCCC1)O2. The second-order valence-electron chi connectivity index (χ2n) is 9.38. The molecular formula is C22H34N2O4S. The zero-order valence-corrected chi connectivity index (χ0v) is 18.8. The molecule has 0 bridgehead atoms. The molecule has 0 saturated heterocycles. The van der Waals surface area contributed by atoms with Crippen molar-refractivity contribution in [3.63, 3.8) is 0 Å². The normalized spacial score (nSPS) is 21.5. The molecule has 1 aromatic rings. The van der Waals surface area contributed by atoms with Crippen molar-refractivity contribution in [2.45, 2.75) is 83.3 Å². The van der Waals surface area contributed by atoms with Crippen LogP contribution in [0.1, 0.15) is 71.3 Å². The lowest BCUT2D eigenvalue weighted by molar-refractivity contribution is -0.128. The van der Waals surface area contributed by atoms with Crippen LogP contribution in [0.25, 0.3) is 0 Å². The lowest BCUT2D eigenvalue weighted by Gasteiger charge is -2.35. The van der Waals surface area contributed by atoms with Crippen LogP contribution in [-0.4, -0.2) is 39.3 Å². The van der Waals surface area contributed by atoms with Crippen LogP contribution >= 0.6 is 0 Å². The van der Waals surface area contributed by atoms with E-state index in [1.165, 1.54) is 29.8 Å². The number of rotatable bonds is 3. The van der Waals surface area contributed by atoms with Crippen LogP contribution < -0.4 is 14.4 Å². The molecule has 1 unspecified atom stereocenters. The van der Waals surface area contributed by atoms with Crippen LogP contribution in [0.15, 0.2) is 18.2 Å². The van der Waals surface area contributed by atoms with Gasteiger partial charge in [-0.1, -0.05) is 58.9 Å². The summed E-state index contributed by atoms with van der Waals surface area (Å²) in [5.74, 6) is 0.210. The maximum Gasteiger partial charge on any atom is 0.263 e. The molecule has 162 valence electrons. The van der Waals surface area contributed by atoms with Gasteiger partial charge in [0.2, 0.25) is 10.0 Å². The maximum atomic E-state index is 12.9. The highest BCUT2D eigenvalue weighted by Crippen LogP contribution is 2.38. The molecule has 0 radical (unpaired) electrons. The Labute approximate surface area is 175 Å². The van der Waals surface area contributed by atoms with Gasteiger partial charge in [0, 0.05) is 6.04 Å². The first-order chi connectivity index (χ1) is 13.6. The Kier molecular flexibility index (Phi) is 6.46. The predicted molar refractivity (Wildman–Crippen MR) is 116 cm³/mol. The molecule has 6 nitrogen and oxygen atoms in total. The molecule has 1 aliphatic carbocycles. The summed E-state index contributed by atoms with van der Waals surface area (Å²) in [4.78, 5) is 12.9. The van der Waals surface area contributed by atoms with E-state index in [0.717, 1.165) is 31.2 Å². The Hall–Kier alpha value is -1.76. The number of sulfonamides is 1. The fraction of sp³-hybridized carbons (Fsp3) is 0.682. The summed E-state index contributed by atoms with van der Waals surface area (Å²) in [6.45, 7) is 6.23. The number of amides is 1. The molecule has 1 amide bonds. The van der Waals surface area contributed by atoms with E-state index in [2.05, 4.69) is 26.1 Å². The maximum absolute atomic E-state index is 12.9. The van der Waals surface area contributed by atoms with Gasteiger partial charge in [0.25, 0.3) is 5.91 Å². The Balaban J connectivity index is 1.82. The Morgan fingerprint density at radius 2 is 1.72 bits per heavy atom. The number of carbonyl (C=O) groups is 1. The number of nitrogens with zero attached hydrogens (tertiary/aromatic N) is 1. The summed E-state index contributed by atoms with van der Waals surface area (Å²) >= 11 is 0. The van der Waals surface area contributed by atoms with Crippen molar-refractivity contribution >= 4 is 21.6 Å². The van der Waals surface area contributed by atoms with Crippen molar-refractivity contribution in [2.24, 2.45) is 0 Å². The molecule has 1 N–H and O–H groups in total. The average molecular weight is 423 g/mol. The number of hydrogen-bond donors (Lipinski definition) is 1. The molecule has 29 heavy (non-hydrogen) atoms. The largest absolute Gasteiger partial charge is 0.476 e. The van der Waals surface area contributed by atoms with Gasteiger partial charge in [-0.25, -0.2) is 8.42 Å². The summed E-state index contributed by atoms with van der Waals surface area (Å²) in [6, 6.07) is 5.72. The van der Waals surface area contributed by atoms with Crippen molar-refractivity contribution in [1.29, 1.82) is 0 Å². The number of nitrogens with one attached hydrogen (secondary N) is 1. The second-order valence-corrected chi connectivity index (χ2v) is 11.3. The smallest absolute Gasteiger partial charge is 0.263 e. The predicted octanol–water partition coefficient (Wildman–Crippen LogP) is 3.74. The molecule has 1 atom stereocenters. The van der Waals surface area contributed by atoms with Gasteiger partial charge in [0.1, 0.15) is 5.75 Å². The zero-order chi connectivity index (χ0) is 21.2. The summed E-state index contributed by atoms with van der Waals surface area (Å²) in [7, 11) is -3.54. The van der Waals surface area contributed by atoms with Crippen LogP contribution in [0.4, 0.5) is 5.69 Å². The van der Waals surface area contributed by atoms with E-state index in [4.69, 9.17) is 4.74 Å². The fourth-order valence-corrected chi connectivity index (χ4v) is 4.97. The minimum Gasteiger partial charge on any atom is -0.476 e. The number of carbonyl (C=O) groups excluding carboxylic acids is 1. The minimum absolute atomic E-state index is 0.00200. The van der Waals surface area contributed by atoms with Gasteiger partial charge in [-0.2, -0.15) is 0 Å². The van der Waals surface area contributed by atoms with Gasteiger partial charge in [-0.3, -0.25) is 9.10 Å². The van der Waals surface area contributed by atoms with Gasteiger partial charge in [-0.05, 0) is 36.0 Å². The van der Waals surface area contributed by atoms with E-state index in [-0.39, 0.29) is 23.9 Å². The van der Waals surface area contributed by atoms with Gasteiger partial charge < -0.3 is 10.1 Å². The standard InChI is InChI=1S/C22H34N2O4S/c1-22(2,3)16-12-13-19-18(14-16)24(29(4,26)27)15-20(28-19)21(25)23-17-10-8-6-5-7-9-11-17/h12-14,17,20H,5-11,15H2,1-4H3,(H,23,25). The number of hydrogen-bond acceptors (Lipinski definition) is 4. The average Bonchev–Trinajstić information content (AvgIpc) is 2.60. The number of anilines is 1. The Morgan fingerprint density at radius 3 is 2.31 bits per heavy atom. The van der Waals surface area contributed by atoms with Crippen LogP contribution in [0, 0.1) is 0 Å². The lowest BCUT2D eigenvalue weighted by Crippen LogP contribution is -2.52. The monoisotopic (exact) mass is 422 g/mol. The third-order valence-corrected chi connectivity index (χ3v) is 6.99. The van der Waals surface area contributed by atoms with Crippen molar-refractivity contribution < 1.29 is 17.9 Å². The molecule has 1 heterocycles. The fourth-order valence-electron chi connectivity index (χ4n) is 4.06. The first kappa shape index (κ1) is 21.9. The quantitative estimate of drug-likeness (QED) is 0.805. The summed E-state index contributed by atoms with van der Waals surface area (Å²) in [5, 5.41) is 3.11. The van der Waals surface area contributed by atoms with E-state index in [1.807, 2.05) is 12.1 Å². The number of fused-ring (bicyclic) bond motifs is 1. The highest BCUT2D eigenvalue weighted by molar-refractivity contribution is 7.92. The zero-order valence-electron chi connectivity index (χ0n) is 18.0. The molecule has 0 aromatic heterocycles. The molecule has 1 saturated carbocycles. The molecule has 7 heteroatoms. The van der Waals surface area contributed by atoms with Crippen LogP contribution in [0.2, 0.25) is 0 Å². The first-order valence-corrected chi connectivity index (χ1v) is 12.5. The third-order valence-electron chi connectivity index (χ3n) is 5.84. The molecule has 2 aliphatic rings. The van der Waals surface area contributed by atoms with E-state index in [1.54, 1.807) is 6.07 Å². The summed E-state index contributed by atoms with van der Waals surface area (Å²) < 4.78 is 32.3. The first-order valence-electron chi connectivity index (χ1n) is 10.6. The molecule has 1 aliphatic heterocycles. The topological polar surface area (TPSA) is 75.7 Å². The van der Waals surface area contributed by atoms with Crippen molar-refractivity contribution in [3.05, 3.63) is 23.8 Å². The van der Waals surface area contributed by atoms with E-state index in [9.17, 15) is 13.2 Å². The highest BCUT2D eigenvalue weighted by atomic mass is 32.2. The van der Waals surface area contributed by atoms with Crippen molar-refractivity contribution in [3.8, 4) is 5.75 Å². The number of ether oxygens (including phenoxy) is 1. The minimum atomic E-state index is -3.54. The van der Waals surface area contributed by atoms with Crippen LogP contribution in [-0.2, 0) is 20.2 Å². The molecule has 1 fully saturated rings. The van der Waals surface area contributed by atoms with E-state index in [0.29, 0.717) is 11.4 Å². The Morgan fingerprint density at radius 1 is 1.10 bits per heavy atom. The highest BCUT2D eigenvalue weighted by Gasteiger charge is 2.36. The summed E-state index contributed by atoms with van der Waals surface area (Å²) in [5.41, 5.74) is 1.41. The Bertz CT molecular complexity index is 837. The van der Waals surface area contributed by atoms with Gasteiger partial charge in [-0.15, -0.1) is 0 Å². The van der Waals surface area contributed by atoms with Crippen molar-refractivity contribution in [2.75, 3.05) is 17.1 Å². The summed E-state index contributed by atoms with van der Waals surface area (Å²) in [6.07, 6.45) is 8.19. The van der Waals surface area contributed by atoms with Gasteiger partial charge in [0.15, 0.2) is 6.10 Å². The van der Waals surface area contributed by atoms with E-state index >= 15 is 0 Å². The van der Waals surface area contributed by atoms with Crippen LogP contribution in [0.3, 0.4) is 0 Å². The molecule has 0 spiro atoms. The van der Waals surface area contributed by atoms with E-state index < -0.39 is 16.1 Å². The molecule has 1 aromatic carbocycles. The lowest BCUT2D eigenvalue weighted by atomic mass is 9.86. The molecular weight excluding hydrogens is 388 g/mol.